The number of carboxylic acid groups (broad SMARTS) is 1. The van der Waals surface area contributed by atoms with Crippen molar-refractivity contribution in [3.05, 3.63) is 35.9 Å². The van der Waals surface area contributed by atoms with Gasteiger partial charge in [-0.2, -0.15) is 0 Å². The number of aliphatic carboxylic acids is 1. The summed E-state index contributed by atoms with van der Waals surface area (Å²) < 4.78 is 0. The Bertz CT molecular complexity index is 375. The lowest BCUT2D eigenvalue weighted by Crippen LogP contribution is -2.52. The lowest BCUT2D eigenvalue weighted by molar-refractivity contribution is -0.152. The standard InChI is InChI=1S/C14H21NO2/c1-5-15(11(2)3)14(4,13(16)17)12-9-7-6-8-10-12/h6-11H,5H2,1-4H3,(H,16,17). The molecule has 1 rings (SSSR count). The van der Waals surface area contributed by atoms with Crippen molar-refractivity contribution in [3.8, 4) is 0 Å². The molecule has 0 fully saturated rings. The molecule has 0 heterocycles. The van der Waals surface area contributed by atoms with Crippen LogP contribution in [0.4, 0.5) is 0 Å². The van der Waals surface area contributed by atoms with Crippen molar-refractivity contribution in [3.63, 3.8) is 0 Å². The van der Waals surface area contributed by atoms with E-state index in [1.54, 1.807) is 6.92 Å². The maximum Gasteiger partial charge on any atom is 0.328 e. The minimum atomic E-state index is -0.968. The molecule has 0 aromatic heterocycles. The van der Waals surface area contributed by atoms with Crippen LogP contribution in [0.3, 0.4) is 0 Å². The van der Waals surface area contributed by atoms with Gasteiger partial charge in [-0.3, -0.25) is 4.90 Å². The van der Waals surface area contributed by atoms with Gasteiger partial charge in [0.2, 0.25) is 0 Å². The Morgan fingerprint density at radius 3 is 2.24 bits per heavy atom. The zero-order valence-corrected chi connectivity index (χ0v) is 11.0. The van der Waals surface area contributed by atoms with E-state index in [2.05, 4.69) is 0 Å². The van der Waals surface area contributed by atoms with Crippen LogP contribution in [0.5, 0.6) is 0 Å². The number of rotatable bonds is 5. The van der Waals surface area contributed by atoms with E-state index in [4.69, 9.17) is 0 Å². The van der Waals surface area contributed by atoms with Crippen LogP contribution in [-0.4, -0.2) is 28.6 Å². The first-order chi connectivity index (χ1) is 7.94. The van der Waals surface area contributed by atoms with Gasteiger partial charge < -0.3 is 5.11 Å². The number of nitrogens with zero attached hydrogens (tertiary/aromatic N) is 1. The highest BCUT2D eigenvalue weighted by molar-refractivity contribution is 5.80. The molecule has 0 radical (unpaired) electrons. The summed E-state index contributed by atoms with van der Waals surface area (Å²) in [4.78, 5) is 13.7. The van der Waals surface area contributed by atoms with E-state index in [0.29, 0.717) is 6.54 Å². The maximum atomic E-state index is 11.7. The van der Waals surface area contributed by atoms with Gasteiger partial charge in [0.15, 0.2) is 0 Å². The Morgan fingerprint density at radius 2 is 1.88 bits per heavy atom. The minimum absolute atomic E-state index is 0.182. The van der Waals surface area contributed by atoms with Crippen molar-refractivity contribution in [1.29, 1.82) is 0 Å². The molecule has 0 saturated heterocycles. The predicted molar refractivity (Wildman–Crippen MR) is 68.9 cm³/mol. The maximum absolute atomic E-state index is 11.7. The summed E-state index contributed by atoms with van der Waals surface area (Å²) in [5.74, 6) is -0.806. The second kappa shape index (κ2) is 5.32. The van der Waals surface area contributed by atoms with E-state index < -0.39 is 11.5 Å². The Balaban J connectivity index is 3.27. The molecule has 3 heteroatoms. The van der Waals surface area contributed by atoms with Crippen molar-refractivity contribution in [2.45, 2.75) is 39.3 Å². The molecule has 1 unspecified atom stereocenters. The first-order valence-electron chi connectivity index (χ1n) is 6.00. The summed E-state index contributed by atoms with van der Waals surface area (Å²) in [6.45, 7) is 8.51. The normalized spacial score (nSPS) is 14.9. The van der Waals surface area contributed by atoms with Crippen molar-refractivity contribution < 1.29 is 9.90 Å². The van der Waals surface area contributed by atoms with Crippen molar-refractivity contribution in [1.82, 2.24) is 4.90 Å². The Labute approximate surface area is 103 Å². The molecule has 0 spiro atoms. The van der Waals surface area contributed by atoms with Crippen molar-refractivity contribution >= 4 is 5.97 Å². The van der Waals surface area contributed by atoms with Crippen LogP contribution in [0.1, 0.15) is 33.3 Å². The molecule has 1 atom stereocenters. The van der Waals surface area contributed by atoms with Crippen LogP contribution in [0.2, 0.25) is 0 Å². The van der Waals surface area contributed by atoms with E-state index in [-0.39, 0.29) is 6.04 Å². The highest BCUT2D eigenvalue weighted by atomic mass is 16.4. The fraction of sp³-hybridized carbons (Fsp3) is 0.500. The topological polar surface area (TPSA) is 40.5 Å². The third-order valence-corrected chi connectivity index (χ3v) is 3.29. The number of hydrogen-bond acceptors (Lipinski definition) is 2. The average Bonchev–Trinajstić information content (AvgIpc) is 2.30. The minimum Gasteiger partial charge on any atom is -0.480 e. The van der Waals surface area contributed by atoms with Gasteiger partial charge in [-0.15, -0.1) is 0 Å². The van der Waals surface area contributed by atoms with Gasteiger partial charge in [0.25, 0.3) is 0 Å². The lowest BCUT2D eigenvalue weighted by Gasteiger charge is -2.40. The summed E-state index contributed by atoms with van der Waals surface area (Å²) in [7, 11) is 0. The first kappa shape index (κ1) is 13.7. The van der Waals surface area contributed by atoms with Crippen LogP contribution in [-0.2, 0) is 10.3 Å². The monoisotopic (exact) mass is 235 g/mol. The first-order valence-corrected chi connectivity index (χ1v) is 6.00. The highest BCUT2D eigenvalue weighted by Gasteiger charge is 2.41. The van der Waals surface area contributed by atoms with Crippen LogP contribution < -0.4 is 0 Å². The molecule has 1 N–H and O–H groups in total. The molecule has 0 aliphatic carbocycles. The molecule has 0 saturated carbocycles. The second-order valence-corrected chi connectivity index (χ2v) is 4.62. The van der Waals surface area contributed by atoms with Gasteiger partial charge in [0, 0.05) is 6.04 Å². The SMILES string of the molecule is CCN(C(C)C)C(C)(C(=O)O)c1ccccc1. The van der Waals surface area contributed by atoms with Crippen LogP contribution in [0.15, 0.2) is 30.3 Å². The molecule has 3 nitrogen and oxygen atoms in total. The van der Waals surface area contributed by atoms with Crippen LogP contribution in [0, 0.1) is 0 Å². The summed E-state index contributed by atoms with van der Waals surface area (Å²) >= 11 is 0. The molecular formula is C14H21NO2. The van der Waals surface area contributed by atoms with Crippen molar-refractivity contribution in [2.75, 3.05) is 6.54 Å². The molecule has 0 aliphatic rings. The van der Waals surface area contributed by atoms with Crippen LogP contribution in [0.25, 0.3) is 0 Å². The van der Waals surface area contributed by atoms with Gasteiger partial charge in [0.05, 0.1) is 0 Å². The van der Waals surface area contributed by atoms with Crippen molar-refractivity contribution in [2.24, 2.45) is 0 Å². The highest BCUT2D eigenvalue weighted by Crippen LogP contribution is 2.30. The largest absolute Gasteiger partial charge is 0.480 e. The van der Waals surface area contributed by atoms with Gasteiger partial charge in [0.1, 0.15) is 5.54 Å². The van der Waals surface area contributed by atoms with Gasteiger partial charge >= 0.3 is 5.97 Å². The third-order valence-electron chi connectivity index (χ3n) is 3.29. The lowest BCUT2D eigenvalue weighted by atomic mass is 9.89. The number of likely N-dealkylation sites (N-methyl/N-ethyl adjacent to an activating group) is 1. The summed E-state index contributed by atoms with van der Waals surface area (Å²) in [6, 6.07) is 9.59. The Kier molecular flexibility index (Phi) is 4.29. The van der Waals surface area contributed by atoms with Crippen LogP contribution >= 0.6 is 0 Å². The smallest absolute Gasteiger partial charge is 0.328 e. The third kappa shape index (κ3) is 2.50. The number of carbonyl (C=O) groups is 1. The van der Waals surface area contributed by atoms with E-state index in [0.717, 1.165) is 5.56 Å². The van der Waals surface area contributed by atoms with E-state index >= 15 is 0 Å². The quantitative estimate of drug-likeness (QED) is 0.853. The number of carboxylic acids is 1. The second-order valence-electron chi connectivity index (χ2n) is 4.62. The van der Waals surface area contributed by atoms with E-state index in [1.165, 1.54) is 0 Å². The van der Waals surface area contributed by atoms with Gasteiger partial charge in [-0.05, 0) is 32.9 Å². The molecule has 0 amide bonds. The average molecular weight is 235 g/mol. The number of hydrogen-bond donors (Lipinski definition) is 1. The molecule has 1 aromatic carbocycles. The molecule has 17 heavy (non-hydrogen) atoms. The van der Waals surface area contributed by atoms with E-state index in [1.807, 2.05) is 56.0 Å². The molecule has 94 valence electrons. The summed E-state index contributed by atoms with van der Waals surface area (Å²) in [5, 5.41) is 9.59. The zero-order chi connectivity index (χ0) is 13.1. The Morgan fingerprint density at radius 1 is 1.35 bits per heavy atom. The molecule has 0 bridgehead atoms. The molecular weight excluding hydrogens is 214 g/mol. The number of benzene rings is 1. The summed E-state index contributed by atoms with van der Waals surface area (Å²) in [5.41, 5.74) is -0.146. The predicted octanol–water partition coefficient (Wildman–Crippen LogP) is 2.72. The fourth-order valence-corrected chi connectivity index (χ4v) is 2.37. The fourth-order valence-electron chi connectivity index (χ4n) is 2.37. The van der Waals surface area contributed by atoms with Gasteiger partial charge in [-0.25, -0.2) is 4.79 Å². The Hall–Kier alpha value is -1.35. The molecule has 0 aliphatic heterocycles. The zero-order valence-electron chi connectivity index (χ0n) is 11.0. The van der Waals surface area contributed by atoms with Gasteiger partial charge in [-0.1, -0.05) is 37.3 Å². The van der Waals surface area contributed by atoms with E-state index in [9.17, 15) is 9.90 Å². The molecule has 1 aromatic rings. The summed E-state index contributed by atoms with van der Waals surface area (Å²) in [6.07, 6.45) is 0.